The maximum Gasteiger partial charge on any atom is 0.146 e. The van der Waals surface area contributed by atoms with Crippen molar-refractivity contribution in [1.82, 2.24) is 15.2 Å². The van der Waals surface area contributed by atoms with E-state index >= 15 is 0 Å². The van der Waals surface area contributed by atoms with Gasteiger partial charge >= 0.3 is 0 Å². The Morgan fingerprint density at radius 1 is 1.00 bits per heavy atom. The molecule has 3 nitrogen and oxygen atoms in total. The number of aromatic nitrogens is 3. The van der Waals surface area contributed by atoms with Gasteiger partial charge in [-0.05, 0) is 48.9 Å². The van der Waals surface area contributed by atoms with E-state index in [1.54, 1.807) is 18.2 Å². The maximum atomic E-state index is 13.3. The number of thioether (sulfide) groups is 1. The largest absolute Gasteiger partial charge is 0.238 e. The highest BCUT2D eigenvalue weighted by Gasteiger charge is 2.16. The first-order valence-corrected chi connectivity index (χ1v) is 9.67. The lowest BCUT2D eigenvalue weighted by molar-refractivity contribution is 0.626. The monoisotopic (exact) mass is 385 g/mol. The molecule has 0 radical (unpaired) electrons. The number of hydrogen-bond acceptors (Lipinski definition) is 5. The highest BCUT2D eigenvalue weighted by molar-refractivity contribution is 7.98. The van der Waals surface area contributed by atoms with Gasteiger partial charge in [-0.1, -0.05) is 23.9 Å². The molecule has 0 aliphatic carbocycles. The third-order valence-electron chi connectivity index (χ3n) is 3.77. The molecule has 0 atom stereocenters. The van der Waals surface area contributed by atoms with E-state index in [0.29, 0.717) is 16.5 Å². The third kappa shape index (κ3) is 3.45. The van der Waals surface area contributed by atoms with Crippen LogP contribution in [0.5, 0.6) is 0 Å². The van der Waals surface area contributed by atoms with Gasteiger partial charge in [-0.2, -0.15) is 0 Å². The fourth-order valence-corrected chi connectivity index (χ4v) is 4.45. The summed E-state index contributed by atoms with van der Waals surface area (Å²) in [5.74, 6) is 0.0322. The molecule has 0 aliphatic rings. The van der Waals surface area contributed by atoms with Crippen molar-refractivity contribution in [3.63, 3.8) is 0 Å². The van der Waals surface area contributed by atoms with Gasteiger partial charge in [-0.15, -0.1) is 21.5 Å². The first-order valence-electron chi connectivity index (χ1n) is 7.87. The first kappa shape index (κ1) is 17.1. The van der Waals surface area contributed by atoms with Crippen molar-refractivity contribution in [3.8, 4) is 11.3 Å². The predicted molar refractivity (Wildman–Crippen MR) is 101 cm³/mol. The van der Waals surface area contributed by atoms with E-state index in [4.69, 9.17) is 0 Å². The van der Waals surface area contributed by atoms with Gasteiger partial charge in [-0.3, -0.25) is 0 Å². The molecule has 0 saturated carbocycles. The van der Waals surface area contributed by atoms with Crippen LogP contribution in [0.25, 0.3) is 21.5 Å². The minimum atomic E-state index is -0.291. The molecule has 130 valence electrons. The van der Waals surface area contributed by atoms with Gasteiger partial charge < -0.3 is 0 Å². The summed E-state index contributed by atoms with van der Waals surface area (Å²) < 4.78 is 27.5. The molecular formula is C19H13F2N3S2. The maximum absolute atomic E-state index is 13.3. The number of fused-ring (bicyclic) bond motifs is 1. The second kappa shape index (κ2) is 7.09. The average Bonchev–Trinajstić information content (AvgIpc) is 3.02. The van der Waals surface area contributed by atoms with Gasteiger partial charge in [0.15, 0.2) is 0 Å². The van der Waals surface area contributed by atoms with Crippen LogP contribution in [0.15, 0.2) is 53.6 Å². The smallest absolute Gasteiger partial charge is 0.146 e. The van der Waals surface area contributed by atoms with Gasteiger partial charge in [0.2, 0.25) is 0 Å². The van der Waals surface area contributed by atoms with Crippen molar-refractivity contribution in [2.45, 2.75) is 17.7 Å². The van der Waals surface area contributed by atoms with Gasteiger partial charge in [0.25, 0.3) is 0 Å². The van der Waals surface area contributed by atoms with Crippen LogP contribution in [0.1, 0.15) is 10.6 Å². The highest BCUT2D eigenvalue weighted by atomic mass is 32.2. The molecule has 2 heterocycles. The Kier molecular flexibility index (Phi) is 4.65. The summed E-state index contributed by atoms with van der Waals surface area (Å²) in [6.07, 6.45) is 0. The normalized spacial score (nSPS) is 11.2. The lowest BCUT2D eigenvalue weighted by Crippen LogP contribution is -1.93. The number of hydrogen-bond donors (Lipinski definition) is 0. The second-order valence-electron chi connectivity index (χ2n) is 5.69. The van der Waals surface area contributed by atoms with E-state index in [2.05, 4.69) is 15.2 Å². The number of aryl methyl sites for hydroxylation is 1. The Bertz CT molecular complexity index is 1080. The molecule has 0 unspecified atom stereocenters. The SMILES string of the molecule is Cc1nc2c(SCc3cccc(F)c3)nnc(-c3ccc(F)cc3)c2s1. The summed E-state index contributed by atoms with van der Waals surface area (Å²) in [4.78, 5) is 4.59. The standard InChI is InChI=1S/C19H13F2N3S2/c1-11-22-17-18(26-11)16(13-5-7-14(20)8-6-13)23-24-19(17)25-10-12-3-2-4-15(21)9-12/h2-9H,10H2,1H3. The Morgan fingerprint density at radius 3 is 2.58 bits per heavy atom. The Morgan fingerprint density at radius 2 is 1.81 bits per heavy atom. The molecule has 4 aromatic rings. The summed E-state index contributed by atoms with van der Waals surface area (Å²) in [5, 5.41) is 10.3. The quantitative estimate of drug-likeness (QED) is 0.427. The highest BCUT2D eigenvalue weighted by Crippen LogP contribution is 2.36. The Balaban J connectivity index is 1.71. The number of rotatable bonds is 4. The zero-order valence-corrected chi connectivity index (χ0v) is 15.4. The van der Waals surface area contributed by atoms with E-state index in [0.717, 1.165) is 26.4 Å². The molecule has 0 amide bonds. The van der Waals surface area contributed by atoms with Crippen molar-refractivity contribution in [2.24, 2.45) is 0 Å². The van der Waals surface area contributed by atoms with Crippen LogP contribution < -0.4 is 0 Å². The van der Waals surface area contributed by atoms with E-state index in [1.807, 2.05) is 13.0 Å². The van der Waals surface area contributed by atoms with Crippen molar-refractivity contribution in [1.29, 1.82) is 0 Å². The van der Waals surface area contributed by atoms with E-state index in [9.17, 15) is 8.78 Å². The zero-order chi connectivity index (χ0) is 18.1. The summed E-state index contributed by atoms with van der Waals surface area (Å²) >= 11 is 3.01. The van der Waals surface area contributed by atoms with Crippen LogP contribution in [0.2, 0.25) is 0 Å². The molecule has 4 rings (SSSR count). The first-order chi connectivity index (χ1) is 12.6. The zero-order valence-electron chi connectivity index (χ0n) is 13.7. The molecular weight excluding hydrogens is 372 g/mol. The number of nitrogens with zero attached hydrogens (tertiary/aromatic N) is 3. The number of thiazole rings is 1. The van der Waals surface area contributed by atoms with Crippen LogP contribution in [-0.2, 0) is 5.75 Å². The number of benzene rings is 2. The van der Waals surface area contributed by atoms with Crippen LogP contribution in [0.3, 0.4) is 0 Å². The van der Waals surface area contributed by atoms with E-state index in [1.165, 1.54) is 47.4 Å². The van der Waals surface area contributed by atoms with Gasteiger partial charge in [0.05, 0.1) is 9.71 Å². The molecule has 2 aromatic heterocycles. The molecule has 0 fully saturated rings. The molecule has 0 N–H and O–H groups in total. The minimum absolute atomic E-state index is 0.254. The minimum Gasteiger partial charge on any atom is -0.238 e. The Labute approximate surface area is 157 Å². The molecule has 2 aromatic carbocycles. The molecule has 0 aliphatic heterocycles. The summed E-state index contributed by atoms with van der Waals surface area (Å²) in [6, 6.07) is 12.7. The fraction of sp³-hybridized carbons (Fsp3) is 0.105. The lowest BCUT2D eigenvalue weighted by Gasteiger charge is -2.05. The summed E-state index contributed by atoms with van der Waals surface area (Å²) in [5.41, 5.74) is 3.15. The van der Waals surface area contributed by atoms with Gasteiger partial charge in [0.1, 0.15) is 27.9 Å². The van der Waals surface area contributed by atoms with Crippen LogP contribution >= 0.6 is 23.1 Å². The molecule has 0 bridgehead atoms. The lowest BCUT2D eigenvalue weighted by atomic mass is 10.1. The van der Waals surface area contributed by atoms with Crippen LogP contribution in [0, 0.1) is 18.6 Å². The number of halogens is 2. The average molecular weight is 385 g/mol. The van der Waals surface area contributed by atoms with Crippen molar-refractivity contribution >= 4 is 33.3 Å². The topological polar surface area (TPSA) is 38.7 Å². The fourth-order valence-electron chi connectivity index (χ4n) is 2.59. The van der Waals surface area contributed by atoms with Crippen molar-refractivity contribution < 1.29 is 8.78 Å². The summed E-state index contributed by atoms with van der Waals surface area (Å²) in [7, 11) is 0. The van der Waals surface area contributed by atoms with E-state index in [-0.39, 0.29) is 11.6 Å². The van der Waals surface area contributed by atoms with Crippen LogP contribution in [-0.4, -0.2) is 15.2 Å². The van der Waals surface area contributed by atoms with E-state index < -0.39 is 0 Å². The predicted octanol–water partition coefficient (Wildman–Crippen LogP) is 5.63. The van der Waals surface area contributed by atoms with Crippen molar-refractivity contribution in [2.75, 3.05) is 0 Å². The third-order valence-corrected chi connectivity index (χ3v) is 5.78. The molecule has 26 heavy (non-hydrogen) atoms. The summed E-state index contributed by atoms with van der Waals surface area (Å²) in [6.45, 7) is 1.93. The van der Waals surface area contributed by atoms with Crippen LogP contribution in [0.4, 0.5) is 8.78 Å². The Hall–Kier alpha value is -2.38. The molecule has 0 saturated heterocycles. The second-order valence-corrected chi connectivity index (χ2v) is 7.86. The van der Waals surface area contributed by atoms with Crippen molar-refractivity contribution in [3.05, 3.63) is 70.7 Å². The molecule has 7 heteroatoms. The van der Waals surface area contributed by atoms with Gasteiger partial charge in [0, 0.05) is 11.3 Å². The van der Waals surface area contributed by atoms with Gasteiger partial charge in [-0.25, -0.2) is 13.8 Å². The molecule has 0 spiro atoms.